The van der Waals surface area contributed by atoms with Crippen LogP contribution in [0.25, 0.3) is 0 Å². The van der Waals surface area contributed by atoms with E-state index < -0.39 is 66.8 Å². The Kier molecular flexibility index (Phi) is 5.08. The minimum atomic E-state index is -5.12. The Morgan fingerprint density at radius 1 is 1.28 bits per heavy atom. The molecule has 0 radical (unpaired) electrons. The third kappa shape index (κ3) is 3.89. The summed E-state index contributed by atoms with van der Waals surface area (Å²) in [5.74, 6) is -3.85. The molecule has 0 saturated carbocycles. The number of hydrogen-bond acceptors (Lipinski definition) is 3. The molecule has 1 aromatic heterocycles. The highest BCUT2D eigenvalue weighted by atomic mass is 19.4. The van der Waals surface area contributed by atoms with Crippen molar-refractivity contribution in [3.63, 3.8) is 0 Å². The van der Waals surface area contributed by atoms with Crippen molar-refractivity contribution in [1.82, 2.24) is 9.78 Å². The smallest absolute Gasteiger partial charge is 0.382 e. The maximum Gasteiger partial charge on any atom is 0.435 e. The predicted octanol–water partition coefficient (Wildman–Crippen LogP) is 3.48. The lowest BCUT2D eigenvalue weighted by Gasteiger charge is -2.20. The van der Waals surface area contributed by atoms with E-state index in [2.05, 4.69) is 9.84 Å². The van der Waals surface area contributed by atoms with Gasteiger partial charge in [0.25, 0.3) is 5.92 Å². The summed E-state index contributed by atoms with van der Waals surface area (Å²) < 4.78 is 109. The van der Waals surface area contributed by atoms with E-state index in [1.54, 1.807) is 0 Å². The summed E-state index contributed by atoms with van der Waals surface area (Å²) in [7, 11) is 0. The molecule has 0 amide bonds. The fourth-order valence-electron chi connectivity index (χ4n) is 2.69. The zero-order chi connectivity index (χ0) is 19.2. The van der Waals surface area contributed by atoms with Crippen molar-refractivity contribution in [2.75, 3.05) is 6.61 Å². The summed E-state index contributed by atoms with van der Waals surface area (Å²) in [5.41, 5.74) is -3.42. The highest BCUT2D eigenvalue weighted by Gasteiger charge is 2.54. The van der Waals surface area contributed by atoms with E-state index >= 15 is 0 Å². The van der Waals surface area contributed by atoms with Gasteiger partial charge in [0, 0.05) is 25.1 Å². The number of hydrogen-bond donors (Lipinski definition) is 1. The van der Waals surface area contributed by atoms with Crippen LogP contribution in [-0.2, 0) is 23.9 Å². The molecule has 4 nitrogen and oxygen atoms in total. The van der Waals surface area contributed by atoms with Gasteiger partial charge in [0.15, 0.2) is 11.8 Å². The number of nitrogens with zero attached hydrogens (tertiary/aromatic N) is 2. The SMILES string of the molecule is CCO[C@H](CCn1nc(C(F)(F)F)c2c1CC(F)(F)[C@H]2O)C(F)(F)F. The molecule has 0 saturated heterocycles. The maximum absolute atomic E-state index is 13.6. The van der Waals surface area contributed by atoms with E-state index in [9.17, 15) is 40.2 Å². The number of aliphatic hydroxyl groups excluding tert-OH is 1. The summed E-state index contributed by atoms with van der Waals surface area (Å²) in [6.45, 7) is 0.306. The molecular weight excluding hydrogens is 368 g/mol. The van der Waals surface area contributed by atoms with Gasteiger partial charge in [-0.2, -0.15) is 31.4 Å². The van der Waals surface area contributed by atoms with Crippen LogP contribution in [0.4, 0.5) is 35.1 Å². The molecule has 1 aliphatic carbocycles. The number of alkyl halides is 8. The van der Waals surface area contributed by atoms with E-state index in [1.807, 2.05) is 0 Å². The monoisotopic (exact) mass is 382 g/mol. The van der Waals surface area contributed by atoms with E-state index in [1.165, 1.54) is 6.92 Å². The number of rotatable bonds is 5. The van der Waals surface area contributed by atoms with Gasteiger partial charge in [-0.15, -0.1) is 0 Å². The van der Waals surface area contributed by atoms with Crippen molar-refractivity contribution in [2.24, 2.45) is 0 Å². The molecule has 2 atom stereocenters. The summed E-state index contributed by atoms with van der Waals surface area (Å²) >= 11 is 0. The quantitative estimate of drug-likeness (QED) is 0.794. The van der Waals surface area contributed by atoms with Crippen LogP contribution in [0.5, 0.6) is 0 Å². The van der Waals surface area contributed by atoms with Gasteiger partial charge in [-0.25, -0.2) is 8.78 Å². The van der Waals surface area contributed by atoms with Gasteiger partial charge in [-0.1, -0.05) is 0 Å². The lowest BCUT2D eigenvalue weighted by molar-refractivity contribution is -0.221. The highest BCUT2D eigenvalue weighted by Crippen LogP contribution is 2.48. The summed E-state index contributed by atoms with van der Waals surface area (Å²) in [5, 5.41) is 12.6. The fraction of sp³-hybridized carbons (Fsp3) is 0.769. The molecular formula is C13H14F8N2O2. The molecule has 0 spiro atoms. The Bertz CT molecular complexity index is 623. The van der Waals surface area contributed by atoms with Crippen molar-refractivity contribution in [3.8, 4) is 0 Å². The number of aliphatic hydroxyl groups is 1. The van der Waals surface area contributed by atoms with Crippen LogP contribution < -0.4 is 0 Å². The predicted molar refractivity (Wildman–Crippen MR) is 66.9 cm³/mol. The van der Waals surface area contributed by atoms with Crippen LogP contribution in [0.1, 0.15) is 36.4 Å². The third-order valence-electron chi connectivity index (χ3n) is 3.78. The largest absolute Gasteiger partial charge is 0.435 e. The molecule has 144 valence electrons. The van der Waals surface area contributed by atoms with Crippen LogP contribution in [0.3, 0.4) is 0 Å². The Balaban J connectivity index is 2.33. The second-order valence-electron chi connectivity index (χ2n) is 5.54. The van der Waals surface area contributed by atoms with Gasteiger partial charge < -0.3 is 9.84 Å². The topological polar surface area (TPSA) is 47.3 Å². The van der Waals surface area contributed by atoms with Crippen LogP contribution >= 0.6 is 0 Å². The second kappa shape index (κ2) is 6.38. The van der Waals surface area contributed by atoms with Crippen molar-refractivity contribution in [1.29, 1.82) is 0 Å². The molecule has 1 aliphatic rings. The van der Waals surface area contributed by atoms with Gasteiger partial charge in [-0.3, -0.25) is 4.68 Å². The van der Waals surface area contributed by atoms with E-state index in [0.717, 1.165) is 0 Å². The van der Waals surface area contributed by atoms with Crippen molar-refractivity contribution in [2.45, 2.75) is 56.8 Å². The first-order valence-corrected chi connectivity index (χ1v) is 7.20. The first-order chi connectivity index (χ1) is 11.3. The third-order valence-corrected chi connectivity index (χ3v) is 3.78. The Hall–Kier alpha value is -1.43. The van der Waals surface area contributed by atoms with Crippen LogP contribution in [0, 0.1) is 0 Å². The zero-order valence-corrected chi connectivity index (χ0v) is 12.8. The first-order valence-electron chi connectivity index (χ1n) is 7.20. The number of aryl methyl sites for hydroxylation is 1. The molecule has 1 N–H and O–H groups in total. The molecule has 2 rings (SSSR count). The minimum absolute atomic E-state index is 0.286. The minimum Gasteiger partial charge on any atom is -0.382 e. The van der Waals surface area contributed by atoms with Crippen LogP contribution in [0.2, 0.25) is 0 Å². The van der Waals surface area contributed by atoms with Gasteiger partial charge >= 0.3 is 12.4 Å². The molecule has 25 heavy (non-hydrogen) atoms. The lowest BCUT2D eigenvalue weighted by atomic mass is 10.1. The second-order valence-corrected chi connectivity index (χ2v) is 5.54. The number of aromatic nitrogens is 2. The Morgan fingerprint density at radius 2 is 1.88 bits per heavy atom. The molecule has 1 heterocycles. The van der Waals surface area contributed by atoms with Crippen molar-refractivity contribution in [3.05, 3.63) is 17.0 Å². The average Bonchev–Trinajstić information content (AvgIpc) is 2.89. The van der Waals surface area contributed by atoms with Crippen LogP contribution in [0.15, 0.2) is 0 Å². The molecule has 0 fully saturated rings. The summed E-state index contributed by atoms with van der Waals surface area (Å²) in [4.78, 5) is 0. The van der Waals surface area contributed by atoms with Gasteiger partial charge in [0.1, 0.15) is 6.10 Å². The fourth-order valence-corrected chi connectivity index (χ4v) is 2.69. The van der Waals surface area contributed by atoms with Crippen molar-refractivity contribution < 1.29 is 45.0 Å². The van der Waals surface area contributed by atoms with E-state index in [-0.39, 0.29) is 6.61 Å². The molecule has 0 bridgehead atoms. The summed E-state index contributed by atoms with van der Waals surface area (Å²) in [6, 6.07) is 0. The Morgan fingerprint density at radius 3 is 2.36 bits per heavy atom. The number of ether oxygens (including phenoxy) is 1. The molecule has 0 aliphatic heterocycles. The maximum atomic E-state index is 13.6. The van der Waals surface area contributed by atoms with Gasteiger partial charge in [0.2, 0.25) is 0 Å². The first kappa shape index (κ1) is 19.9. The van der Waals surface area contributed by atoms with Gasteiger partial charge in [0.05, 0.1) is 12.1 Å². The lowest BCUT2D eigenvalue weighted by Crippen LogP contribution is -2.33. The standard InChI is InChI=1S/C13H14F8N2O2/c1-2-25-7(12(16,17)18)3-4-23-6-5-11(14,15)10(24)8(6)9(22-23)13(19,20)21/h7,10,24H,2-5H2,1H3/t7-,10+/m1/s1. The molecule has 12 heteroatoms. The van der Waals surface area contributed by atoms with E-state index in [4.69, 9.17) is 0 Å². The summed E-state index contributed by atoms with van der Waals surface area (Å²) in [6.07, 6.45) is -16.9. The molecule has 0 unspecified atom stereocenters. The van der Waals surface area contributed by atoms with Crippen LogP contribution in [-0.4, -0.2) is 39.7 Å². The molecule has 1 aromatic rings. The van der Waals surface area contributed by atoms with Gasteiger partial charge in [-0.05, 0) is 6.92 Å². The normalized spacial score (nSPS) is 21.4. The number of fused-ring (bicyclic) bond motifs is 1. The number of halogens is 8. The van der Waals surface area contributed by atoms with E-state index in [0.29, 0.717) is 4.68 Å². The Labute approximate surface area is 136 Å². The zero-order valence-electron chi connectivity index (χ0n) is 12.8. The highest BCUT2D eigenvalue weighted by molar-refractivity contribution is 5.38. The van der Waals surface area contributed by atoms with Crippen molar-refractivity contribution >= 4 is 0 Å². The molecule has 0 aromatic carbocycles. The average molecular weight is 382 g/mol.